The second kappa shape index (κ2) is 5.10. The summed E-state index contributed by atoms with van der Waals surface area (Å²) in [7, 11) is 0. The fourth-order valence-corrected chi connectivity index (χ4v) is 1.64. The number of halogens is 1. The minimum absolute atomic E-state index is 0.225. The fourth-order valence-electron chi connectivity index (χ4n) is 1.48. The maximum Gasteiger partial charge on any atom is 0.253 e. The molecule has 3 N–H and O–H groups in total. The Morgan fingerprint density at radius 3 is 3.00 bits per heavy atom. The minimum atomic E-state index is -0.314. The highest BCUT2D eigenvalue weighted by molar-refractivity contribution is 6.29. The molecule has 1 amide bonds. The van der Waals surface area contributed by atoms with Gasteiger partial charge in [-0.3, -0.25) is 4.79 Å². The summed E-state index contributed by atoms with van der Waals surface area (Å²) in [5, 5.41) is 2.92. The molecular weight excluding hydrogens is 254 g/mol. The smallest absolute Gasteiger partial charge is 0.253 e. The van der Waals surface area contributed by atoms with Crippen molar-refractivity contribution in [2.75, 3.05) is 5.73 Å². The lowest BCUT2D eigenvalue weighted by molar-refractivity contribution is 0.0948. The summed E-state index contributed by atoms with van der Waals surface area (Å²) in [4.78, 5) is 15.7. The van der Waals surface area contributed by atoms with E-state index in [0.29, 0.717) is 17.9 Å². The largest absolute Gasteiger partial charge is 0.465 e. The first-order chi connectivity index (χ1) is 8.56. The number of anilines is 1. The molecule has 2 aromatic heterocycles. The van der Waals surface area contributed by atoms with Gasteiger partial charge in [0.1, 0.15) is 16.7 Å². The summed E-state index contributed by atoms with van der Waals surface area (Å²) in [6, 6.07) is 5.07. The van der Waals surface area contributed by atoms with Gasteiger partial charge in [-0.25, -0.2) is 4.98 Å². The lowest BCUT2D eigenvalue weighted by atomic mass is 10.2. The number of aromatic nitrogens is 1. The van der Waals surface area contributed by atoms with Gasteiger partial charge in [0, 0.05) is 0 Å². The number of aryl methyl sites for hydroxylation is 1. The molecule has 0 bridgehead atoms. The second-order valence-electron chi connectivity index (χ2n) is 3.79. The molecule has 2 rings (SSSR count). The number of hydrogen-bond acceptors (Lipinski definition) is 4. The van der Waals surface area contributed by atoms with E-state index in [-0.39, 0.29) is 16.7 Å². The molecule has 2 heterocycles. The fraction of sp³-hybridized carbons (Fsp3) is 0.167. The van der Waals surface area contributed by atoms with Gasteiger partial charge in [-0.2, -0.15) is 0 Å². The molecule has 0 fully saturated rings. The van der Waals surface area contributed by atoms with Crippen LogP contribution in [0.25, 0.3) is 0 Å². The Morgan fingerprint density at radius 1 is 1.56 bits per heavy atom. The van der Waals surface area contributed by atoms with E-state index in [9.17, 15) is 4.79 Å². The summed E-state index contributed by atoms with van der Waals surface area (Å²) in [6.07, 6.45) is 1.36. The highest BCUT2D eigenvalue weighted by Gasteiger charge is 2.11. The summed E-state index contributed by atoms with van der Waals surface area (Å²) in [6.45, 7) is 2.14. The number of amides is 1. The van der Waals surface area contributed by atoms with Gasteiger partial charge >= 0.3 is 0 Å². The highest BCUT2D eigenvalue weighted by Crippen LogP contribution is 2.15. The Kier molecular flexibility index (Phi) is 3.53. The van der Waals surface area contributed by atoms with Crippen molar-refractivity contribution in [3.63, 3.8) is 0 Å². The highest BCUT2D eigenvalue weighted by atomic mass is 35.5. The molecule has 0 aliphatic heterocycles. The van der Waals surface area contributed by atoms with E-state index in [0.717, 1.165) is 5.76 Å². The van der Waals surface area contributed by atoms with Gasteiger partial charge in [-0.1, -0.05) is 11.6 Å². The molecule has 2 aromatic rings. The van der Waals surface area contributed by atoms with E-state index >= 15 is 0 Å². The second-order valence-corrected chi connectivity index (χ2v) is 4.18. The molecule has 0 atom stereocenters. The normalized spacial score (nSPS) is 10.3. The molecule has 0 aromatic carbocycles. The summed E-state index contributed by atoms with van der Waals surface area (Å²) in [5.41, 5.74) is 6.25. The predicted molar refractivity (Wildman–Crippen MR) is 68.3 cm³/mol. The van der Waals surface area contributed by atoms with Crippen molar-refractivity contribution in [3.05, 3.63) is 46.6 Å². The van der Waals surface area contributed by atoms with Crippen molar-refractivity contribution in [1.82, 2.24) is 10.3 Å². The number of pyridine rings is 1. The average molecular weight is 266 g/mol. The van der Waals surface area contributed by atoms with Crippen LogP contribution in [-0.4, -0.2) is 10.9 Å². The molecule has 0 aliphatic carbocycles. The molecule has 18 heavy (non-hydrogen) atoms. The van der Waals surface area contributed by atoms with E-state index in [4.69, 9.17) is 21.8 Å². The van der Waals surface area contributed by atoms with Crippen LogP contribution in [-0.2, 0) is 6.54 Å². The van der Waals surface area contributed by atoms with E-state index in [1.807, 2.05) is 13.0 Å². The SMILES string of the molecule is Cc1ccc(CNC(=O)c2cc(Cl)ncc2N)o1. The lowest BCUT2D eigenvalue weighted by Gasteiger charge is -2.06. The van der Waals surface area contributed by atoms with Gasteiger partial charge in [-0.15, -0.1) is 0 Å². The number of nitrogen functional groups attached to an aromatic ring is 1. The molecule has 0 spiro atoms. The zero-order valence-electron chi connectivity index (χ0n) is 9.74. The molecular formula is C12H12ClN3O2. The molecule has 6 heteroatoms. The molecule has 0 radical (unpaired) electrons. The quantitative estimate of drug-likeness (QED) is 0.833. The Hall–Kier alpha value is -2.01. The van der Waals surface area contributed by atoms with Crippen LogP contribution < -0.4 is 11.1 Å². The van der Waals surface area contributed by atoms with Gasteiger partial charge in [0.25, 0.3) is 5.91 Å². The lowest BCUT2D eigenvalue weighted by Crippen LogP contribution is -2.23. The predicted octanol–water partition coefficient (Wildman–Crippen LogP) is 2.15. The number of carbonyl (C=O) groups excluding carboxylic acids is 1. The van der Waals surface area contributed by atoms with Gasteiger partial charge in [-0.05, 0) is 25.1 Å². The van der Waals surface area contributed by atoms with Crippen LogP contribution in [0.5, 0.6) is 0 Å². The molecule has 0 aliphatic rings. The number of carbonyl (C=O) groups is 1. The third kappa shape index (κ3) is 2.81. The van der Waals surface area contributed by atoms with Gasteiger partial charge in [0.15, 0.2) is 0 Å². The maximum atomic E-state index is 11.9. The number of rotatable bonds is 3. The molecule has 0 saturated heterocycles. The first-order valence-electron chi connectivity index (χ1n) is 5.31. The van der Waals surface area contributed by atoms with E-state index in [2.05, 4.69) is 10.3 Å². The van der Waals surface area contributed by atoms with Crippen molar-refractivity contribution < 1.29 is 9.21 Å². The number of furan rings is 1. The van der Waals surface area contributed by atoms with Gasteiger partial charge in [0.2, 0.25) is 0 Å². The monoisotopic (exact) mass is 265 g/mol. The van der Waals surface area contributed by atoms with Gasteiger partial charge < -0.3 is 15.5 Å². The van der Waals surface area contributed by atoms with E-state index < -0.39 is 0 Å². The van der Waals surface area contributed by atoms with Crippen LogP contribution in [0.1, 0.15) is 21.9 Å². The summed E-state index contributed by atoms with van der Waals surface area (Å²) < 4.78 is 5.34. The van der Waals surface area contributed by atoms with Crippen molar-refractivity contribution in [1.29, 1.82) is 0 Å². The van der Waals surface area contributed by atoms with E-state index in [1.54, 1.807) is 6.07 Å². The Labute approximate surface area is 109 Å². The maximum absolute atomic E-state index is 11.9. The third-order valence-corrected chi connectivity index (χ3v) is 2.57. The van der Waals surface area contributed by atoms with Crippen molar-refractivity contribution in [3.8, 4) is 0 Å². The number of nitrogens with two attached hydrogens (primary N) is 1. The number of hydrogen-bond donors (Lipinski definition) is 2. The first-order valence-corrected chi connectivity index (χ1v) is 5.68. The molecule has 94 valence electrons. The van der Waals surface area contributed by atoms with Crippen LogP contribution in [0.2, 0.25) is 5.15 Å². The van der Waals surface area contributed by atoms with Crippen molar-refractivity contribution in [2.24, 2.45) is 0 Å². The van der Waals surface area contributed by atoms with Crippen molar-refractivity contribution >= 4 is 23.2 Å². The average Bonchev–Trinajstić information content (AvgIpc) is 2.75. The van der Waals surface area contributed by atoms with Crippen molar-refractivity contribution in [2.45, 2.75) is 13.5 Å². The number of nitrogens with one attached hydrogen (secondary N) is 1. The van der Waals surface area contributed by atoms with Crippen LogP contribution in [0.15, 0.2) is 28.8 Å². The van der Waals surface area contributed by atoms with Crippen LogP contribution in [0.3, 0.4) is 0 Å². The number of nitrogens with zero attached hydrogens (tertiary/aromatic N) is 1. The standard InChI is InChI=1S/C12H12ClN3O2/c1-7-2-3-8(18-7)5-16-12(17)9-4-11(13)15-6-10(9)14/h2-4,6H,5,14H2,1H3,(H,16,17). The third-order valence-electron chi connectivity index (χ3n) is 2.37. The molecule has 0 unspecified atom stereocenters. The van der Waals surface area contributed by atoms with Crippen LogP contribution in [0, 0.1) is 6.92 Å². The first kappa shape index (κ1) is 12.4. The topological polar surface area (TPSA) is 81.2 Å². The minimum Gasteiger partial charge on any atom is -0.465 e. The Balaban J connectivity index is 2.05. The van der Waals surface area contributed by atoms with Crippen LogP contribution in [0.4, 0.5) is 5.69 Å². The zero-order chi connectivity index (χ0) is 13.1. The molecule has 0 saturated carbocycles. The summed E-state index contributed by atoms with van der Waals surface area (Å²) in [5.74, 6) is 1.16. The van der Waals surface area contributed by atoms with E-state index in [1.165, 1.54) is 12.3 Å². The Bertz CT molecular complexity index is 580. The molecule has 5 nitrogen and oxygen atoms in total. The van der Waals surface area contributed by atoms with Gasteiger partial charge in [0.05, 0.1) is 24.0 Å². The summed E-state index contributed by atoms with van der Waals surface area (Å²) >= 11 is 5.72. The zero-order valence-corrected chi connectivity index (χ0v) is 10.5. The Morgan fingerprint density at radius 2 is 2.33 bits per heavy atom. The van der Waals surface area contributed by atoms with Crippen LogP contribution >= 0.6 is 11.6 Å².